The molecule has 11 heteroatoms. The third kappa shape index (κ3) is 3.21. The third-order valence-electron chi connectivity index (χ3n) is 4.94. The molecule has 30 heavy (non-hydrogen) atoms. The van der Waals surface area contributed by atoms with Crippen molar-refractivity contribution in [1.29, 1.82) is 0 Å². The molecule has 156 valence electrons. The smallest absolute Gasteiger partial charge is 0.410 e. The van der Waals surface area contributed by atoms with Crippen LogP contribution in [0.25, 0.3) is 0 Å². The van der Waals surface area contributed by atoms with Crippen LogP contribution in [0.5, 0.6) is 11.5 Å². The number of carbonyl (C=O) groups excluding carboxylic acids is 1. The molecule has 3 aromatic rings. The molecule has 0 saturated carbocycles. The van der Waals surface area contributed by atoms with E-state index in [0.29, 0.717) is 22.9 Å². The first kappa shape index (κ1) is 18.4. The number of carbonyl (C=O) groups is 1. The number of hydrogen-bond acceptors (Lipinski definition) is 6. The highest BCUT2D eigenvalue weighted by Crippen LogP contribution is 2.43. The number of nitrogens with one attached hydrogen (secondary N) is 2. The number of aromatic nitrogens is 2. The molecular weight excluding hydrogens is 405 g/mol. The largest absolute Gasteiger partial charge is 0.467 e. The molecule has 2 aromatic heterocycles. The standard InChI is InChI=1S/C19H15F3N4O4/c20-19(21,22)16-7-11(13-2-1-5-28-13)24-17-8-12(25-26(16)17)18(27)23-10-3-4-14-15(6-10)30-9-29-14/h1-6,8,11,16,24H,7,9H2,(H,23,27)/t11-,16-/m1/s1. The number of amides is 1. The zero-order valence-electron chi connectivity index (χ0n) is 15.3. The summed E-state index contributed by atoms with van der Waals surface area (Å²) in [5.41, 5.74) is 0.258. The van der Waals surface area contributed by atoms with Gasteiger partial charge in [-0.15, -0.1) is 0 Å². The van der Waals surface area contributed by atoms with E-state index < -0.39 is 24.2 Å². The summed E-state index contributed by atoms with van der Waals surface area (Å²) in [5.74, 6) is 0.834. The number of nitrogens with zero attached hydrogens (tertiary/aromatic N) is 2. The van der Waals surface area contributed by atoms with Crippen LogP contribution in [0, 0.1) is 0 Å². The molecular formula is C19H15F3N4O4. The highest BCUT2D eigenvalue weighted by molar-refractivity contribution is 6.03. The zero-order valence-corrected chi connectivity index (χ0v) is 15.3. The summed E-state index contributed by atoms with van der Waals surface area (Å²) >= 11 is 0. The van der Waals surface area contributed by atoms with E-state index in [1.165, 1.54) is 12.3 Å². The van der Waals surface area contributed by atoms with E-state index in [4.69, 9.17) is 13.9 Å². The number of fused-ring (bicyclic) bond motifs is 2. The normalized spacial score (nSPS) is 19.8. The van der Waals surface area contributed by atoms with Gasteiger partial charge in [0.25, 0.3) is 5.91 Å². The number of halogens is 3. The molecule has 2 aliphatic rings. The first-order chi connectivity index (χ1) is 14.4. The van der Waals surface area contributed by atoms with Crippen molar-refractivity contribution >= 4 is 17.4 Å². The van der Waals surface area contributed by atoms with Gasteiger partial charge in [-0.3, -0.25) is 4.79 Å². The number of alkyl halides is 3. The van der Waals surface area contributed by atoms with Crippen molar-refractivity contribution in [3.05, 3.63) is 54.1 Å². The molecule has 0 fully saturated rings. The van der Waals surface area contributed by atoms with Crippen molar-refractivity contribution < 1.29 is 31.9 Å². The first-order valence-corrected chi connectivity index (χ1v) is 9.06. The maximum absolute atomic E-state index is 13.7. The first-order valence-electron chi connectivity index (χ1n) is 9.06. The Balaban J connectivity index is 1.42. The molecule has 0 unspecified atom stereocenters. The summed E-state index contributed by atoms with van der Waals surface area (Å²) in [4.78, 5) is 12.6. The van der Waals surface area contributed by atoms with Crippen LogP contribution in [-0.4, -0.2) is 28.7 Å². The van der Waals surface area contributed by atoms with E-state index in [2.05, 4.69) is 15.7 Å². The number of hydrogen-bond donors (Lipinski definition) is 2. The Morgan fingerprint density at radius 2 is 2.03 bits per heavy atom. The Kier molecular flexibility index (Phi) is 4.12. The SMILES string of the molecule is O=C(Nc1ccc2c(c1)OCO2)c1cc2n(n1)[C@@H](C(F)(F)F)C[C@H](c1ccco1)N2. The Bertz CT molecular complexity index is 1090. The van der Waals surface area contributed by atoms with Gasteiger partial charge in [-0.25, -0.2) is 4.68 Å². The maximum Gasteiger partial charge on any atom is 0.410 e. The lowest BCUT2D eigenvalue weighted by Crippen LogP contribution is -2.35. The van der Waals surface area contributed by atoms with Crippen molar-refractivity contribution in [3.63, 3.8) is 0 Å². The van der Waals surface area contributed by atoms with Gasteiger partial charge in [-0.05, 0) is 24.3 Å². The van der Waals surface area contributed by atoms with Crippen molar-refractivity contribution in [2.24, 2.45) is 0 Å². The summed E-state index contributed by atoms with van der Waals surface area (Å²) < 4.78 is 57.5. The van der Waals surface area contributed by atoms with E-state index in [1.54, 1.807) is 30.3 Å². The van der Waals surface area contributed by atoms with Crippen molar-refractivity contribution in [3.8, 4) is 11.5 Å². The fourth-order valence-corrected chi connectivity index (χ4v) is 3.53. The molecule has 0 saturated heterocycles. The van der Waals surface area contributed by atoms with Crippen LogP contribution in [-0.2, 0) is 0 Å². The third-order valence-corrected chi connectivity index (χ3v) is 4.94. The predicted octanol–water partition coefficient (Wildman–Crippen LogP) is 4.12. The molecule has 2 atom stereocenters. The van der Waals surface area contributed by atoms with Gasteiger partial charge in [0.1, 0.15) is 11.6 Å². The Labute approximate surface area is 167 Å². The average molecular weight is 420 g/mol. The van der Waals surface area contributed by atoms with E-state index >= 15 is 0 Å². The lowest BCUT2D eigenvalue weighted by Gasteiger charge is -2.32. The fourth-order valence-electron chi connectivity index (χ4n) is 3.53. The maximum atomic E-state index is 13.7. The second-order valence-electron chi connectivity index (χ2n) is 6.89. The minimum Gasteiger partial charge on any atom is -0.467 e. The quantitative estimate of drug-likeness (QED) is 0.663. The van der Waals surface area contributed by atoms with Gasteiger partial charge in [0.15, 0.2) is 23.2 Å². The lowest BCUT2D eigenvalue weighted by atomic mass is 10.0. The Hall–Kier alpha value is -3.63. The lowest BCUT2D eigenvalue weighted by molar-refractivity contribution is -0.174. The Morgan fingerprint density at radius 3 is 2.80 bits per heavy atom. The van der Waals surface area contributed by atoms with Gasteiger partial charge in [0, 0.05) is 24.2 Å². The number of ether oxygens (including phenoxy) is 2. The van der Waals surface area contributed by atoms with Crippen LogP contribution in [0.15, 0.2) is 47.1 Å². The van der Waals surface area contributed by atoms with Crippen LogP contribution < -0.4 is 20.1 Å². The van der Waals surface area contributed by atoms with Crippen LogP contribution in [0.1, 0.15) is 34.8 Å². The van der Waals surface area contributed by atoms with E-state index in [0.717, 1.165) is 4.68 Å². The minimum atomic E-state index is -4.54. The molecule has 0 spiro atoms. The predicted molar refractivity (Wildman–Crippen MR) is 97.5 cm³/mol. The molecule has 0 aliphatic carbocycles. The fraction of sp³-hybridized carbons (Fsp3) is 0.263. The molecule has 2 aliphatic heterocycles. The van der Waals surface area contributed by atoms with Crippen LogP contribution >= 0.6 is 0 Å². The molecule has 8 nitrogen and oxygen atoms in total. The van der Waals surface area contributed by atoms with Gasteiger partial charge in [-0.2, -0.15) is 18.3 Å². The molecule has 4 heterocycles. The van der Waals surface area contributed by atoms with Gasteiger partial charge in [0.05, 0.1) is 12.3 Å². The molecule has 2 N–H and O–H groups in total. The van der Waals surface area contributed by atoms with Crippen molar-refractivity contribution in [1.82, 2.24) is 9.78 Å². The van der Waals surface area contributed by atoms with Gasteiger partial charge >= 0.3 is 6.18 Å². The number of benzene rings is 1. The zero-order chi connectivity index (χ0) is 20.9. The van der Waals surface area contributed by atoms with Crippen molar-refractivity contribution in [2.45, 2.75) is 24.7 Å². The monoisotopic (exact) mass is 420 g/mol. The minimum absolute atomic E-state index is 0.0841. The number of furan rings is 1. The van der Waals surface area contributed by atoms with E-state index in [-0.39, 0.29) is 24.7 Å². The molecule has 0 radical (unpaired) electrons. The summed E-state index contributed by atoms with van der Waals surface area (Å²) in [6.45, 7) is 0.0852. The average Bonchev–Trinajstić information content (AvgIpc) is 3.44. The van der Waals surface area contributed by atoms with E-state index in [9.17, 15) is 18.0 Å². The number of rotatable bonds is 3. The highest BCUT2D eigenvalue weighted by Gasteiger charge is 2.47. The highest BCUT2D eigenvalue weighted by atomic mass is 19.4. The topological polar surface area (TPSA) is 90.5 Å². The van der Waals surface area contributed by atoms with E-state index in [1.807, 2.05) is 0 Å². The Morgan fingerprint density at radius 1 is 1.20 bits per heavy atom. The van der Waals surface area contributed by atoms with Crippen LogP contribution in [0.3, 0.4) is 0 Å². The summed E-state index contributed by atoms with van der Waals surface area (Å²) in [6.07, 6.45) is -3.45. The summed E-state index contributed by atoms with van der Waals surface area (Å²) in [6, 6.07) is 6.71. The second-order valence-corrected chi connectivity index (χ2v) is 6.89. The van der Waals surface area contributed by atoms with Crippen LogP contribution in [0.4, 0.5) is 24.7 Å². The molecule has 1 aromatic carbocycles. The molecule has 1 amide bonds. The molecule has 0 bridgehead atoms. The van der Waals surface area contributed by atoms with Gasteiger partial charge < -0.3 is 24.5 Å². The van der Waals surface area contributed by atoms with Crippen LogP contribution in [0.2, 0.25) is 0 Å². The second kappa shape index (κ2) is 6.71. The van der Waals surface area contributed by atoms with Gasteiger partial charge in [0.2, 0.25) is 6.79 Å². The van der Waals surface area contributed by atoms with Gasteiger partial charge in [-0.1, -0.05) is 0 Å². The van der Waals surface area contributed by atoms with Crippen molar-refractivity contribution in [2.75, 3.05) is 17.4 Å². The summed E-state index contributed by atoms with van der Waals surface area (Å²) in [7, 11) is 0. The molecule has 5 rings (SSSR count). The number of anilines is 2. The summed E-state index contributed by atoms with van der Waals surface area (Å²) in [5, 5.41) is 9.49.